The average Bonchev–Trinajstić information content (AvgIpc) is 1.67. The van der Waals surface area contributed by atoms with Crippen LogP contribution in [0.15, 0.2) is 8.99 Å². The van der Waals surface area contributed by atoms with Crippen LogP contribution in [0.1, 0.15) is 0 Å². The molecule has 0 aromatic carbocycles. The van der Waals surface area contributed by atoms with Crippen molar-refractivity contribution in [3.63, 3.8) is 0 Å². The highest BCUT2D eigenvalue weighted by atomic mass is 127. The Hall–Kier alpha value is 0.290. The molecule has 1 N–H and O–H groups in total. The van der Waals surface area contributed by atoms with Gasteiger partial charge in [0.1, 0.15) is 3.58 Å². The minimum Gasteiger partial charge on any atom is -0.477 e. The van der Waals surface area contributed by atoms with Gasteiger partial charge in [0.15, 0.2) is 0 Å². The zero-order valence-electron chi connectivity index (χ0n) is 4.22. The highest BCUT2D eigenvalue weighted by molar-refractivity contribution is 14.1. The first-order valence-electron chi connectivity index (χ1n) is 1.80. The first-order chi connectivity index (χ1) is 3.68. The van der Waals surface area contributed by atoms with Crippen molar-refractivity contribution in [3.8, 4) is 0 Å². The van der Waals surface area contributed by atoms with E-state index in [9.17, 15) is 4.79 Å². The van der Waals surface area contributed by atoms with Gasteiger partial charge < -0.3 is 5.11 Å². The maximum atomic E-state index is 10.0. The molecule has 0 unspecified atom stereocenters. The van der Waals surface area contributed by atoms with Gasteiger partial charge in [-0.25, -0.2) is 4.79 Å². The summed E-state index contributed by atoms with van der Waals surface area (Å²) in [4.78, 5) is 10.0. The SMILES string of the molecule is CS/C=C(/I)C(=O)O. The van der Waals surface area contributed by atoms with E-state index in [1.165, 1.54) is 11.8 Å². The lowest BCUT2D eigenvalue weighted by Crippen LogP contribution is -1.91. The van der Waals surface area contributed by atoms with E-state index in [0.29, 0.717) is 3.58 Å². The number of thioether (sulfide) groups is 1. The lowest BCUT2D eigenvalue weighted by atomic mass is 10.7. The zero-order chi connectivity index (χ0) is 6.57. The monoisotopic (exact) mass is 244 g/mol. The smallest absolute Gasteiger partial charge is 0.342 e. The molecule has 0 aliphatic carbocycles. The van der Waals surface area contributed by atoms with E-state index in [1.54, 1.807) is 28.0 Å². The van der Waals surface area contributed by atoms with Crippen LogP contribution in [0.2, 0.25) is 0 Å². The van der Waals surface area contributed by atoms with Crippen LogP contribution in [0.5, 0.6) is 0 Å². The predicted octanol–water partition coefficient (Wildman–Crippen LogP) is 1.71. The number of aliphatic carboxylic acids is 1. The van der Waals surface area contributed by atoms with Gasteiger partial charge in [-0.2, -0.15) is 0 Å². The number of halogens is 1. The molecule has 0 radical (unpaired) electrons. The molecule has 0 saturated carbocycles. The van der Waals surface area contributed by atoms with Gasteiger partial charge in [0.05, 0.1) is 0 Å². The maximum Gasteiger partial charge on any atom is 0.342 e. The molecule has 0 spiro atoms. The van der Waals surface area contributed by atoms with Gasteiger partial charge in [0, 0.05) is 0 Å². The zero-order valence-corrected chi connectivity index (χ0v) is 7.19. The Balaban J connectivity index is 3.80. The largest absolute Gasteiger partial charge is 0.477 e. The second-order valence-electron chi connectivity index (χ2n) is 1.01. The van der Waals surface area contributed by atoms with Crippen molar-refractivity contribution in [3.05, 3.63) is 8.99 Å². The van der Waals surface area contributed by atoms with E-state index < -0.39 is 5.97 Å². The number of hydrogen-bond donors (Lipinski definition) is 1. The van der Waals surface area contributed by atoms with Gasteiger partial charge in [-0.05, 0) is 34.3 Å². The fourth-order valence-electron chi connectivity index (χ4n) is 0.154. The molecule has 8 heavy (non-hydrogen) atoms. The highest BCUT2D eigenvalue weighted by Gasteiger charge is 1.98. The first-order valence-corrected chi connectivity index (χ1v) is 4.17. The van der Waals surface area contributed by atoms with Crippen LogP contribution in [-0.2, 0) is 4.79 Å². The van der Waals surface area contributed by atoms with Crippen LogP contribution < -0.4 is 0 Å². The van der Waals surface area contributed by atoms with E-state index in [2.05, 4.69) is 0 Å². The Labute approximate surface area is 65.5 Å². The summed E-state index contributed by atoms with van der Waals surface area (Å²) in [7, 11) is 0. The lowest BCUT2D eigenvalue weighted by Gasteiger charge is -1.84. The summed E-state index contributed by atoms with van der Waals surface area (Å²) in [6.07, 6.45) is 1.82. The Morgan fingerprint density at radius 2 is 2.38 bits per heavy atom. The quantitative estimate of drug-likeness (QED) is 0.593. The summed E-state index contributed by atoms with van der Waals surface area (Å²) in [5.41, 5.74) is 0. The Morgan fingerprint density at radius 1 is 1.88 bits per heavy atom. The van der Waals surface area contributed by atoms with Crippen molar-refractivity contribution in [1.82, 2.24) is 0 Å². The van der Waals surface area contributed by atoms with Gasteiger partial charge in [0.2, 0.25) is 0 Å². The number of carboxylic acid groups (broad SMARTS) is 1. The molecule has 0 heterocycles. The normalized spacial score (nSPS) is 11.5. The molecule has 0 aliphatic rings. The molecule has 0 rings (SSSR count). The summed E-state index contributed by atoms with van der Waals surface area (Å²) < 4.78 is 0.357. The van der Waals surface area contributed by atoms with Crippen molar-refractivity contribution in [2.24, 2.45) is 0 Å². The molecule has 0 fully saturated rings. The van der Waals surface area contributed by atoms with Crippen molar-refractivity contribution in [2.75, 3.05) is 6.26 Å². The Morgan fingerprint density at radius 3 is 2.50 bits per heavy atom. The van der Waals surface area contributed by atoms with Crippen LogP contribution in [0.3, 0.4) is 0 Å². The molecule has 0 saturated heterocycles. The predicted molar refractivity (Wildman–Crippen MR) is 43.3 cm³/mol. The van der Waals surface area contributed by atoms with E-state index in [-0.39, 0.29) is 0 Å². The summed E-state index contributed by atoms with van der Waals surface area (Å²) in [6.45, 7) is 0. The summed E-state index contributed by atoms with van der Waals surface area (Å²) in [5.74, 6) is -0.861. The molecule has 46 valence electrons. The van der Waals surface area contributed by atoms with Crippen LogP contribution in [-0.4, -0.2) is 17.3 Å². The molecule has 0 aliphatic heterocycles. The Bertz CT molecular complexity index is 121. The maximum absolute atomic E-state index is 10.0. The van der Waals surface area contributed by atoms with E-state index in [1.807, 2.05) is 6.26 Å². The van der Waals surface area contributed by atoms with Gasteiger partial charge in [-0.1, -0.05) is 0 Å². The second-order valence-corrected chi connectivity index (χ2v) is 2.88. The molecule has 0 aromatic rings. The number of carbonyl (C=O) groups is 1. The molecule has 0 bridgehead atoms. The van der Waals surface area contributed by atoms with Crippen LogP contribution in [0.4, 0.5) is 0 Å². The third kappa shape index (κ3) is 3.31. The summed E-state index contributed by atoms with van der Waals surface area (Å²) in [6, 6.07) is 0. The summed E-state index contributed by atoms with van der Waals surface area (Å²) in [5, 5.41) is 9.81. The van der Waals surface area contributed by atoms with E-state index in [0.717, 1.165) is 0 Å². The summed E-state index contributed by atoms with van der Waals surface area (Å²) >= 11 is 3.16. The number of hydrogen-bond acceptors (Lipinski definition) is 2. The standard InChI is InChI=1S/C4H5IO2S/c1-8-2-3(5)4(6)7/h2H,1H3,(H,6,7)/b3-2+. The molecule has 0 atom stereocenters. The molecule has 0 amide bonds. The third-order valence-corrected chi connectivity index (χ3v) is 2.09. The fourth-order valence-corrected chi connectivity index (χ4v) is 1.22. The average molecular weight is 244 g/mol. The Kier molecular flexibility index (Phi) is 4.35. The first kappa shape index (κ1) is 8.29. The third-order valence-electron chi connectivity index (χ3n) is 0.426. The molecular formula is C4H5IO2S. The highest BCUT2D eigenvalue weighted by Crippen LogP contribution is 2.10. The minimum absolute atomic E-state index is 0.357. The van der Waals surface area contributed by atoms with Crippen LogP contribution in [0.25, 0.3) is 0 Å². The van der Waals surface area contributed by atoms with Crippen molar-refractivity contribution < 1.29 is 9.90 Å². The van der Waals surface area contributed by atoms with Crippen molar-refractivity contribution >= 4 is 40.3 Å². The van der Waals surface area contributed by atoms with Gasteiger partial charge in [0.25, 0.3) is 0 Å². The second kappa shape index (κ2) is 4.20. The molecular weight excluding hydrogens is 239 g/mol. The van der Waals surface area contributed by atoms with Crippen LogP contribution >= 0.6 is 34.4 Å². The number of rotatable bonds is 2. The number of carboxylic acids is 1. The lowest BCUT2D eigenvalue weighted by molar-refractivity contribution is -0.131. The van der Waals surface area contributed by atoms with Gasteiger partial charge in [-0.15, -0.1) is 11.8 Å². The van der Waals surface area contributed by atoms with Crippen molar-refractivity contribution in [2.45, 2.75) is 0 Å². The molecule has 0 aromatic heterocycles. The van der Waals surface area contributed by atoms with E-state index >= 15 is 0 Å². The van der Waals surface area contributed by atoms with Gasteiger partial charge in [-0.3, -0.25) is 0 Å². The molecule has 4 heteroatoms. The van der Waals surface area contributed by atoms with Crippen LogP contribution in [0, 0.1) is 0 Å². The molecule has 2 nitrogen and oxygen atoms in total. The topological polar surface area (TPSA) is 37.3 Å². The minimum atomic E-state index is -0.861. The fraction of sp³-hybridized carbons (Fsp3) is 0.250. The van der Waals surface area contributed by atoms with E-state index in [4.69, 9.17) is 5.11 Å². The van der Waals surface area contributed by atoms with Crippen molar-refractivity contribution in [1.29, 1.82) is 0 Å². The van der Waals surface area contributed by atoms with Gasteiger partial charge >= 0.3 is 5.97 Å².